The fourth-order valence-electron chi connectivity index (χ4n) is 3.47. The van der Waals surface area contributed by atoms with E-state index in [1.807, 2.05) is 6.07 Å². The molecule has 156 valence electrons. The molecule has 3 rings (SSSR count). The maximum Gasteiger partial charge on any atom is 0.315 e. The number of urea groups is 1. The normalized spacial score (nSPS) is 20.2. The summed E-state index contributed by atoms with van der Waals surface area (Å²) in [4.78, 5) is 14.3. The van der Waals surface area contributed by atoms with Crippen LogP contribution in [0, 0.1) is 0 Å². The Morgan fingerprint density at radius 3 is 2.86 bits per heavy atom. The predicted molar refractivity (Wildman–Crippen MR) is 107 cm³/mol. The minimum Gasteiger partial charge on any atom is -0.379 e. The number of hydrogen-bond acceptors (Lipinski definition) is 5. The van der Waals surface area contributed by atoms with Gasteiger partial charge in [-0.2, -0.15) is 0 Å². The van der Waals surface area contributed by atoms with Gasteiger partial charge in [0.1, 0.15) is 0 Å². The highest BCUT2D eigenvalue weighted by atomic mass is 16.5. The van der Waals surface area contributed by atoms with Gasteiger partial charge in [0.05, 0.1) is 25.9 Å². The smallest absolute Gasteiger partial charge is 0.315 e. The summed E-state index contributed by atoms with van der Waals surface area (Å²) in [7, 11) is 0. The summed E-state index contributed by atoms with van der Waals surface area (Å²) in [5.74, 6) is 0. The first kappa shape index (κ1) is 21.0. The Kier molecular flexibility index (Phi) is 9.03. The van der Waals surface area contributed by atoms with Crippen LogP contribution in [0.5, 0.6) is 0 Å². The van der Waals surface area contributed by atoms with Gasteiger partial charge in [0.2, 0.25) is 0 Å². The number of amides is 2. The topological polar surface area (TPSA) is 72.1 Å². The Labute approximate surface area is 167 Å². The zero-order valence-electron chi connectivity index (χ0n) is 16.7. The molecule has 0 radical (unpaired) electrons. The third kappa shape index (κ3) is 7.75. The molecule has 2 N–H and O–H groups in total. The first-order valence-electron chi connectivity index (χ1n) is 10.4. The average molecular weight is 392 g/mol. The van der Waals surface area contributed by atoms with Crippen molar-refractivity contribution in [1.82, 2.24) is 15.5 Å². The maximum atomic E-state index is 12.0. The van der Waals surface area contributed by atoms with Gasteiger partial charge in [-0.05, 0) is 30.4 Å². The summed E-state index contributed by atoms with van der Waals surface area (Å²) >= 11 is 0. The molecule has 2 aliphatic rings. The molecule has 2 saturated heterocycles. The van der Waals surface area contributed by atoms with E-state index in [9.17, 15) is 4.79 Å². The van der Waals surface area contributed by atoms with Gasteiger partial charge in [-0.15, -0.1) is 0 Å². The lowest BCUT2D eigenvalue weighted by atomic mass is 10.1. The van der Waals surface area contributed by atoms with Gasteiger partial charge < -0.3 is 24.8 Å². The molecular formula is C21H33N3O4. The van der Waals surface area contributed by atoms with Gasteiger partial charge >= 0.3 is 6.03 Å². The highest BCUT2D eigenvalue weighted by Gasteiger charge is 2.15. The predicted octanol–water partition coefficient (Wildman–Crippen LogP) is 1.90. The van der Waals surface area contributed by atoms with Gasteiger partial charge in [-0.25, -0.2) is 4.79 Å². The molecule has 2 amide bonds. The van der Waals surface area contributed by atoms with Gasteiger partial charge in [0.15, 0.2) is 0 Å². The molecule has 7 heteroatoms. The molecule has 0 saturated carbocycles. The van der Waals surface area contributed by atoms with Crippen LogP contribution in [-0.2, 0) is 27.3 Å². The number of benzene rings is 1. The number of nitrogens with one attached hydrogen (secondary N) is 2. The molecule has 1 aromatic rings. The first-order valence-corrected chi connectivity index (χ1v) is 10.4. The number of hydrogen-bond donors (Lipinski definition) is 2. The van der Waals surface area contributed by atoms with Crippen LogP contribution in [-0.4, -0.2) is 69.7 Å². The van der Waals surface area contributed by atoms with Crippen LogP contribution in [0.15, 0.2) is 24.3 Å². The Morgan fingerprint density at radius 1 is 1.18 bits per heavy atom. The molecular weight excluding hydrogens is 358 g/mol. The molecule has 0 bridgehead atoms. The van der Waals surface area contributed by atoms with Crippen LogP contribution in [0.3, 0.4) is 0 Å². The van der Waals surface area contributed by atoms with Crippen LogP contribution >= 0.6 is 0 Å². The quantitative estimate of drug-likeness (QED) is 0.596. The second-order valence-corrected chi connectivity index (χ2v) is 7.38. The van der Waals surface area contributed by atoms with E-state index < -0.39 is 0 Å². The first-order chi connectivity index (χ1) is 13.8. The average Bonchev–Trinajstić information content (AvgIpc) is 3.24. The molecule has 1 aromatic carbocycles. The largest absolute Gasteiger partial charge is 0.379 e. The summed E-state index contributed by atoms with van der Waals surface area (Å²) in [6.45, 7) is 7.77. The van der Waals surface area contributed by atoms with E-state index in [1.165, 1.54) is 5.56 Å². The van der Waals surface area contributed by atoms with E-state index in [-0.39, 0.29) is 12.1 Å². The molecule has 0 unspecified atom stereocenters. The number of ether oxygens (including phenoxy) is 3. The van der Waals surface area contributed by atoms with Crippen molar-refractivity contribution < 1.29 is 19.0 Å². The molecule has 0 aromatic heterocycles. The molecule has 0 spiro atoms. The molecule has 2 aliphatic heterocycles. The highest BCUT2D eigenvalue weighted by Crippen LogP contribution is 2.12. The van der Waals surface area contributed by atoms with Crippen molar-refractivity contribution in [3.8, 4) is 0 Å². The number of morpholine rings is 1. The Morgan fingerprint density at radius 2 is 2.04 bits per heavy atom. The third-order valence-electron chi connectivity index (χ3n) is 5.03. The van der Waals surface area contributed by atoms with Crippen molar-refractivity contribution in [3.63, 3.8) is 0 Å². The summed E-state index contributed by atoms with van der Waals surface area (Å²) < 4.78 is 16.5. The summed E-state index contributed by atoms with van der Waals surface area (Å²) in [5.41, 5.74) is 2.38. The van der Waals surface area contributed by atoms with Crippen molar-refractivity contribution in [3.05, 3.63) is 35.4 Å². The third-order valence-corrected chi connectivity index (χ3v) is 5.03. The minimum absolute atomic E-state index is 0.141. The molecule has 28 heavy (non-hydrogen) atoms. The number of rotatable bonds is 10. The summed E-state index contributed by atoms with van der Waals surface area (Å²) in [5, 5.41) is 5.80. The van der Waals surface area contributed by atoms with Gasteiger partial charge in [0, 0.05) is 45.9 Å². The van der Waals surface area contributed by atoms with E-state index in [1.54, 1.807) is 0 Å². The zero-order chi connectivity index (χ0) is 19.4. The molecule has 2 heterocycles. The van der Waals surface area contributed by atoms with Gasteiger partial charge in [0.25, 0.3) is 0 Å². The van der Waals surface area contributed by atoms with E-state index in [2.05, 4.69) is 33.7 Å². The number of carbonyl (C=O) groups is 1. The van der Waals surface area contributed by atoms with Gasteiger partial charge in [-0.3, -0.25) is 4.90 Å². The van der Waals surface area contributed by atoms with Crippen molar-refractivity contribution >= 4 is 6.03 Å². The van der Waals surface area contributed by atoms with E-state index in [0.29, 0.717) is 26.3 Å². The van der Waals surface area contributed by atoms with Crippen LogP contribution in [0.4, 0.5) is 4.79 Å². The van der Waals surface area contributed by atoms with Crippen LogP contribution in [0.25, 0.3) is 0 Å². The van der Waals surface area contributed by atoms with E-state index in [0.717, 1.165) is 64.3 Å². The van der Waals surface area contributed by atoms with Crippen LogP contribution < -0.4 is 10.6 Å². The standard InChI is InChI=1S/C21H33N3O4/c25-21(22-7-3-10-27-17-20-6-2-11-28-20)23-15-18-4-1-5-19(14-18)16-24-8-12-26-13-9-24/h1,4-5,14,20H,2-3,6-13,15-17H2,(H2,22,23,25)/t20-/m0/s1. The van der Waals surface area contributed by atoms with Crippen LogP contribution in [0.1, 0.15) is 30.4 Å². The molecule has 7 nitrogen and oxygen atoms in total. The number of nitrogens with zero attached hydrogens (tertiary/aromatic N) is 1. The highest BCUT2D eigenvalue weighted by molar-refractivity contribution is 5.73. The monoisotopic (exact) mass is 391 g/mol. The molecule has 2 fully saturated rings. The lowest BCUT2D eigenvalue weighted by Crippen LogP contribution is -2.36. The number of carbonyl (C=O) groups excluding carboxylic acids is 1. The molecule has 0 aliphatic carbocycles. The van der Waals surface area contributed by atoms with E-state index in [4.69, 9.17) is 14.2 Å². The Balaban J connectivity index is 1.26. The Bertz CT molecular complexity index is 587. The van der Waals surface area contributed by atoms with Crippen molar-refractivity contribution in [1.29, 1.82) is 0 Å². The summed E-state index contributed by atoms with van der Waals surface area (Å²) in [6.07, 6.45) is 3.28. The Hall–Kier alpha value is -1.67. The van der Waals surface area contributed by atoms with Crippen molar-refractivity contribution in [2.24, 2.45) is 0 Å². The fraction of sp³-hybridized carbons (Fsp3) is 0.667. The second-order valence-electron chi connectivity index (χ2n) is 7.38. The lowest BCUT2D eigenvalue weighted by molar-refractivity contribution is 0.0168. The fourth-order valence-corrected chi connectivity index (χ4v) is 3.47. The maximum absolute atomic E-state index is 12.0. The van der Waals surface area contributed by atoms with Crippen LogP contribution in [0.2, 0.25) is 0 Å². The second kappa shape index (κ2) is 12.0. The zero-order valence-corrected chi connectivity index (χ0v) is 16.7. The van der Waals surface area contributed by atoms with Crippen molar-refractivity contribution in [2.45, 2.75) is 38.5 Å². The SMILES string of the molecule is O=C(NCCCOC[C@@H]1CCCO1)NCc1cccc(CN2CCOCC2)c1. The summed E-state index contributed by atoms with van der Waals surface area (Å²) in [6, 6.07) is 8.25. The lowest BCUT2D eigenvalue weighted by Gasteiger charge is -2.26. The van der Waals surface area contributed by atoms with Gasteiger partial charge in [-0.1, -0.05) is 24.3 Å². The minimum atomic E-state index is -0.141. The molecule has 1 atom stereocenters. The van der Waals surface area contributed by atoms with Crippen molar-refractivity contribution in [2.75, 3.05) is 52.7 Å². The van der Waals surface area contributed by atoms with E-state index >= 15 is 0 Å².